The fourth-order valence-electron chi connectivity index (χ4n) is 4.15. The molecule has 0 unspecified atom stereocenters. The van der Waals surface area contributed by atoms with Crippen LogP contribution in [0.2, 0.25) is 0 Å². The Hall–Kier alpha value is -3.26. The Morgan fingerprint density at radius 3 is 2.21 bits per heavy atom. The number of fused-ring (bicyclic) bond motifs is 4. The van der Waals surface area contributed by atoms with E-state index < -0.39 is 0 Å². The normalized spacial score (nSPS) is 12.1. The third kappa shape index (κ3) is 2.65. The number of hydrogen-bond donors (Lipinski definition) is 0. The molecule has 28 heavy (non-hydrogen) atoms. The number of rotatable bonds is 2. The van der Waals surface area contributed by atoms with Crippen molar-refractivity contribution in [3.63, 3.8) is 0 Å². The molecule has 138 valence electrons. The fraction of sp³-hybridized carbons (Fsp3) is 0.154. The smallest absolute Gasteiger partial charge is 0.137 e. The van der Waals surface area contributed by atoms with Gasteiger partial charge in [0.05, 0.1) is 11.1 Å². The van der Waals surface area contributed by atoms with Crippen LogP contribution in [0.25, 0.3) is 32.7 Å². The second-order valence-electron chi connectivity index (χ2n) is 8.29. The topological polar surface area (TPSA) is 16.4 Å². The van der Waals surface area contributed by atoms with Crippen LogP contribution in [0.4, 0.5) is 11.4 Å². The van der Waals surface area contributed by atoms with Crippen LogP contribution < -0.4 is 4.90 Å². The van der Waals surface area contributed by atoms with Crippen LogP contribution >= 0.6 is 0 Å². The number of para-hydroxylation sites is 1. The van der Waals surface area contributed by atoms with Crippen molar-refractivity contribution >= 4 is 44.1 Å². The van der Waals surface area contributed by atoms with Gasteiger partial charge >= 0.3 is 0 Å². The minimum absolute atomic E-state index is 0.102. The number of benzene rings is 4. The van der Waals surface area contributed by atoms with E-state index in [0.29, 0.717) is 0 Å². The molecule has 2 heteroatoms. The minimum atomic E-state index is -0.102. The number of furan rings is 1. The van der Waals surface area contributed by atoms with E-state index in [0.717, 1.165) is 16.6 Å². The van der Waals surface area contributed by atoms with E-state index in [4.69, 9.17) is 4.42 Å². The number of anilines is 2. The molecule has 2 nitrogen and oxygen atoms in total. The predicted octanol–water partition coefficient (Wildman–Crippen LogP) is 7.68. The lowest BCUT2D eigenvalue weighted by Crippen LogP contribution is -2.37. The van der Waals surface area contributed by atoms with Crippen LogP contribution in [0.15, 0.2) is 89.3 Å². The summed E-state index contributed by atoms with van der Waals surface area (Å²) in [7, 11) is 0. The average molecular weight is 365 g/mol. The van der Waals surface area contributed by atoms with E-state index in [9.17, 15) is 0 Å². The third-order valence-electron chi connectivity index (χ3n) is 5.28. The van der Waals surface area contributed by atoms with Gasteiger partial charge in [-0.2, -0.15) is 0 Å². The zero-order valence-electron chi connectivity index (χ0n) is 16.4. The molecule has 0 aliphatic rings. The summed E-state index contributed by atoms with van der Waals surface area (Å²) < 4.78 is 6.14. The van der Waals surface area contributed by atoms with Gasteiger partial charge in [-0.05, 0) is 61.9 Å². The molecule has 0 radical (unpaired) electrons. The first kappa shape index (κ1) is 16.9. The van der Waals surface area contributed by atoms with E-state index >= 15 is 0 Å². The molecular formula is C26H23NO. The zero-order valence-corrected chi connectivity index (χ0v) is 16.4. The Kier molecular flexibility index (Phi) is 3.70. The lowest BCUT2D eigenvalue weighted by molar-refractivity contribution is 0.561. The van der Waals surface area contributed by atoms with E-state index in [1.807, 2.05) is 12.1 Å². The van der Waals surface area contributed by atoms with Gasteiger partial charge in [0.2, 0.25) is 0 Å². The van der Waals surface area contributed by atoms with E-state index in [1.54, 1.807) is 0 Å². The first-order chi connectivity index (χ1) is 13.5. The molecule has 0 aliphatic heterocycles. The van der Waals surface area contributed by atoms with E-state index in [2.05, 4.69) is 98.5 Å². The van der Waals surface area contributed by atoms with E-state index in [-0.39, 0.29) is 5.54 Å². The van der Waals surface area contributed by atoms with Crippen molar-refractivity contribution in [2.24, 2.45) is 0 Å². The van der Waals surface area contributed by atoms with Crippen molar-refractivity contribution in [3.8, 4) is 0 Å². The minimum Gasteiger partial charge on any atom is -0.456 e. The molecule has 0 N–H and O–H groups in total. The van der Waals surface area contributed by atoms with Crippen molar-refractivity contribution in [1.82, 2.24) is 0 Å². The van der Waals surface area contributed by atoms with Crippen molar-refractivity contribution in [3.05, 3.63) is 84.9 Å². The standard InChI is InChI=1S/C26H23NO/c1-26(2,3)27(20-16-15-18-9-4-5-10-19(18)17-20)22-12-8-14-24-25(22)21-11-6-7-13-23(21)28-24/h4-17H,1-3H3. The maximum Gasteiger partial charge on any atom is 0.137 e. The van der Waals surface area contributed by atoms with Crippen LogP contribution in [0.3, 0.4) is 0 Å². The molecule has 0 amide bonds. The zero-order chi connectivity index (χ0) is 19.3. The van der Waals surface area contributed by atoms with Crippen LogP contribution in [0.5, 0.6) is 0 Å². The summed E-state index contributed by atoms with van der Waals surface area (Å²) in [5.74, 6) is 0. The maximum atomic E-state index is 6.14. The SMILES string of the molecule is CC(C)(C)N(c1ccc2ccccc2c1)c1cccc2oc3ccccc3c12. The lowest BCUT2D eigenvalue weighted by Gasteiger charge is -2.38. The summed E-state index contributed by atoms with van der Waals surface area (Å²) in [4.78, 5) is 2.42. The highest BCUT2D eigenvalue weighted by Crippen LogP contribution is 2.42. The first-order valence-electron chi connectivity index (χ1n) is 9.72. The highest BCUT2D eigenvalue weighted by Gasteiger charge is 2.26. The quantitative estimate of drug-likeness (QED) is 0.319. The van der Waals surface area contributed by atoms with Gasteiger partial charge in [0, 0.05) is 16.6 Å². The Morgan fingerprint density at radius 1 is 0.679 bits per heavy atom. The van der Waals surface area contributed by atoms with Gasteiger partial charge < -0.3 is 9.32 Å². The van der Waals surface area contributed by atoms with Gasteiger partial charge in [-0.15, -0.1) is 0 Å². The fourth-order valence-corrected chi connectivity index (χ4v) is 4.15. The van der Waals surface area contributed by atoms with Crippen molar-refractivity contribution in [1.29, 1.82) is 0 Å². The predicted molar refractivity (Wildman–Crippen MR) is 120 cm³/mol. The van der Waals surface area contributed by atoms with Gasteiger partial charge in [-0.25, -0.2) is 0 Å². The largest absolute Gasteiger partial charge is 0.456 e. The Labute approximate surface area is 165 Å². The summed E-state index contributed by atoms with van der Waals surface area (Å²) in [6, 6.07) is 29.8. The second kappa shape index (κ2) is 6.13. The molecule has 0 saturated heterocycles. The highest BCUT2D eigenvalue weighted by atomic mass is 16.3. The number of hydrogen-bond acceptors (Lipinski definition) is 2. The molecule has 0 bridgehead atoms. The van der Waals surface area contributed by atoms with Gasteiger partial charge in [-0.3, -0.25) is 0 Å². The van der Waals surface area contributed by atoms with Crippen molar-refractivity contribution in [2.75, 3.05) is 4.90 Å². The van der Waals surface area contributed by atoms with Crippen molar-refractivity contribution < 1.29 is 4.42 Å². The van der Waals surface area contributed by atoms with Crippen LogP contribution in [-0.2, 0) is 0 Å². The molecule has 1 aromatic heterocycles. The summed E-state index contributed by atoms with van der Waals surface area (Å²) in [5.41, 5.74) is 4.11. The van der Waals surface area contributed by atoms with Crippen molar-refractivity contribution in [2.45, 2.75) is 26.3 Å². The Balaban J connectivity index is 1.81. The molecule has 4 aromatic carbocycles. The first-order valence-corrected chi connectivity index (χ1v) is 9.72. The summed E-state index contributed by atoms with van der Waals surface area (Å²) in [5, 5.41) is 4.83. The second-order valence-corrected chi connectivity index (χ2v) is 8.29. The molecule has 5 aromatic rings. The monoisotopic (exact) mass is 365 g/mol. The molecule has 0 atom stereocenters. The average Bonchev–Trinajstić information content (AvgIpc) is 3.06. The van der Waals surface area contributed by atoms with Crippen LogP contribution in [0, 0.1) is 0 Å². The maximum absolute atomic E-state index is 6.14. The third-order valence-corrected chi connectivity index (χ3v) is 5.28. The molecule has 0 spiro atoms. The summed E-state index contributed by atoms with van der Waals surface area (Å²) in [6.45, 7) is 6.76. The van der Waals surface area contributed by atoms with E-state index in [1.165, 1.54) is 27.5 Å². The van der Waals surface area contributed by atoms with Crippen LogP contribution in [0.1, 0.15) is 20.8 Å². The molecule has 1 heterocycles. The number of nitrogens with zero attached hydrogens (tertiary/aromatic N) is 1. The van der Waals surface area contributed by atoms with Crippen LogP contribution in [-0.4, -0.2) is 5.54 Å². The molecular weight excluding hydrogens is 342 g/mol. The highest BCUT2D eigenvalue weighted by molar-refractivity contribution is 6.12. The summed E-state index contributed by atoms with van der Waals surface area (Å²) >= 11 is 0. The van der Waals surface area contributed by atoms with Gasteiger partial charge in [0.15, 0.2) is 0 Å². The molecule has 5 rings (SSSR count). The molecule has 0 saturated carbocycles. The molecule has 0 fully saturated rings. The Bertz CT molecular complexity index is 1310. The van der Waals surface area contributed by atoms with Gasteiger partial charge in [0.1, 0.15) is 11.2 Å². The van der Waals surface area contributed by atoms with Gasteiger partial charge in [0.25, 0.3) is 0 Å². The molecule has 0 aliphatic carbocycles. The van der Waals surface area contributed by atoms with Gasteiger partial charge in [-0.1, -0.05) is 54.6 Å². The lowest BCUT2D eigenvalue weighted by atomic mass is 9.99. The Morgan fingerprint density at radius 2 is 1.39 bits per heavy atom. The summed E-state index contributed by atoms with van der Waals surface area (Å²) in [6.07, 6.45) is 0.